The number of nitrogens with zero attached hydrogens (tertiary/aromatic N) is 1. The van der Waals surface area contributed by atoms with Crippen molar-refractivity contribution in [3.8, 4) is 5.75 Å². The summed E-state index contributed by atoms with van der Waals surface area (Å²) in [5.41, 5.74) is 9.05. The second-order valence-corrected chi connectivity index (χ2v) is 7.37. The molecular weight excluding hydrogens is 356 g/mol. The van der Waals surface area contributed by atoms with Gasteiger partial charge in [0.15, 0.2) is 0 Å². The summed E-state index contributed by atoms with van der Waals surface area (Å²) >= 11 is 1.36. The quantitative estimate of drug-likeness (QED) is 0.680. The number of primary amides is 1. The monoisotopic (exact) mass is 376 g/mol. The van der Waals surface area contributed by atoms with E-state index in [-0.39, 0.29) is 0 Å². The number of ether oxygens (including phenoxy) is 1. The minimum Gasteiger partial charge on any atom is -0.487 e. The third kappa shape index (κ3) is 3.73. The molecular formula is C22H20N2O2S. The third-order valence-electron chi connectivity index (χ3n) is 4.47. The van der Waals surface area contributed by atoms with E-state index in [4.69, 9.17) is 10.5 Å². The van der Waals surface area contributed by atoms with Gasteiger partial charge in [0.25, 0.3) is 5.91 Å². The van der Waals surface area contributed by atoms with Crippen molar-refractivity contribution in [2.45, 2.75) is 19.4 Å². The molecule has 1 aliphatic rings. The molecule has 0 saturated heterocycles. The minimum atomic E-state index is -0.471. The van der Waals surface area contributed by atoms with Crippen molar-refractivity contribution >= 4 is 27.9 Å². The van der Waals surface area contributed by atoms with Crippen molar-refractivity contribution in [1.29, 1.82) is 0 Å². The Hall–Kier alpha value is -3.05. The number of thiophene rings is 1. The van der Waals surface area contributed by atoms with Gasteiger partial charge in [0.1, 0.15) is 22.2 Å². The summed E-state index contributed by atoms with van der Waals surface area (Å²) in [7, 11) is 0. The molecule has 4 rings (SSSR count). The van der Waals surface area contributed by atoms with E-state index >= 15 is 0 Å². The molecule has 27 heavy (non-hydrogen) atoms. The molecule has 0 bridgehead atoms. The molecule has 136 valence electrons. The molecule has 4 nitrogen and oxygen atoms in total. The Morgan fingerprint density at radius 3 is 2.70 bits per heavy atom. The topological polar surface area (TPSA) is 55.6 Å². The van der Waals surface area contributed by atoms with Crippen LogP contribution in [0.1, 0.15) is 27.2 Å². The number of rotatable bonds is 5. The van der Waals surface area contributed by atoms with Crippen molar-refractivity contribution in [2.24, 2.45) is 5.73 Å². The fourth-order valence-electron chi connectivity index (χ4n) is 3.14. The Morgan fingerprint density at radius 1 is 1.11 bits per heavy atom. The number of hydrogen-bond donors (Lipinski definition) is 1. The van der Waals surface area contributed by atoms with Crippen LogP contribution < -0.4 is 15.4 Å². The van der Waals surface area contributed by atoms with Gasteiger partial charge in [0, 0.05) is 18.0 Å². The summed E-state index contributed by atoms with van der Waals surface area (Å²) in [5, 5.41) is 0.914. The summed E-state index contributed by atoms with van der Waals surface area (Å²) < 4.78 is 5.93. The lowest BCUT2D eigenvalue weighted by Gasteiger charge is -2.20. The number of aryl methyl sites for hydroxylation is 1. The van der Waals surface area contributed by atoms with Crippen LogP contribution in [0.3, 0.4) is 0 Å². The number of nitrogens with two attached hydrogens (primary N) is 1. The molecule has 2 N–H and O–H groups in total. The van der Waals surface area contributed by atoms with E-state index in [2.05, 4.69) is 35.4 Å². The molecule has 0 spiro atoms. The van der Waals surface area contributed by atoms with Crippen molar-refractivity contribution in [2.75, 3.05) is 4.90 Å². The van der Waals surface area contributed by atoms with E-state index in [0.717, 1.165) is 29.1 Å². The fraction of sp³-hybridized carbons (Fsp3) is 0.136. The smallest absolute Gasteiger partial charge is 0.262 e. The van der Waals surface area contributed by atoms with Gasteiger partial charge < -0.3 is 15.4 Å². The molecule has 0 saturated carbocycles. The van der Waals surface area contributed by atoms with Crippen molar-refractivity contribution < 1.29 is 9.53 Å². The molecule has 2 aromatic carbocycles. The summed E-state index contributed by atoms with van der Waals surface area (Å²) in [6.07, 6.45) is 6.19. The van der Waals surface area contributed by atoms with E-state index in [1.807, 2.05) is 42.5 Å². The number of carbonyl (C=O) groups excluding carboxylic acids is 1. The van der Waals surface area contributed by atoms with Gasteiger partial charge in [-0.15, -0.1) is 11.3 Å². The van der Waals surface area contributed by atoms with Gasteiger partial charge in [0.05, 0.1) is 0 Å². The second-order valence-electron chi connectivity index (χ2n) is 6.34. The van der Waals surface area contributed by atoms with E-state index in [1.54, 1.807) is 0 Å². The highest BCUT2D eigenvalue weighted by Gasteiger charge is 2.21. The van der Waals surface area contributed by atoms with Crippen molar-refractivity contribution in [3.63, 3.8) is 0 Å². The fourth-order valence-corrected chi connectivity index (χ4v) is 4.10. The molecule has 1 aliphatic heterocycles. The van der Waals surface area contributed by atoms with E-state index in [1.165, 1.54) is 16.9 Å². The summed E-state index contributed by atoms with van der Waals surface area (Å²) in [4.78, 5) is 14.5. The van der Waals surface area contributed by atoms with Crippen LogP contribution in [0.5, 0.6) is 5.75 Å². The maximum absolute atomic E-state index is 12.0. The van der Waals surface area contributed by atoms with Crippen LogP contribution in [0.2, 0.25) is 0 Å². The highest BCUT2D eigenvalue weighted by molar-refractivity contribution is 7.18. The van der Waals surface area contributed by atoms with Crippen molar-refractivity contribution in [1.82, 2.24) is 0 Å². The lowest BCUT2D eigenvalue weighted by Crippen LogP contribution is -2.10. The lowest BCUT2D eigenvalue weighted by molar-refractivity contribution is 0.1000. The van der Waals surface area contributed by atoms with Crippen LogP contribution in [-0.4, -0.2) is 5.91 Å². The zero-order valence-electron chi connectivity index (χ0n) is 14.8. The number of hydrogen-bond acceptors (Lipinski definition) is 4. The van der Waals surface area contributed by atoms with Gasteiger partial charge in [0.2, 0.25) is 0 Å². The number of carbonyl (C=O) groups is 1. The van der Waals surface area contributed by atoms with Crippen LogP contribution in [0.25, 0.3) is 0 Å². The van der Waals surface area contributed by atoms with Gasteiger partial charge in [-0.1, -0.05) is 54.6 Å². The molecule has 1 aromatic heterocycles. The van der Waals surface area contributed by atoms with E-state index in [9.17, 15) is 4.79 Å². The molecule has 2 heterocycles. The molecule has 0 unspecified atom stereocenters. The number of fused-ring (bicyclic) bond motifs is 1. The molecule has 3 aromatic rings. The van der Waals surface area contributed by atoms with Gasteiger partial charge in [-0.25, -0.2) is 0 Å². The maximum Gasteiger partial charge on any atom is 0.262 e. The molecule has 0 atom stereocenters. The van der Waals surface area contributed by atoms with Crippen molar-refractivity contribution in [3.05, 3.63) is 88.9 Å². The Labute approximate surface area is 162 Å². The second kappa shape index (κ2) is 7.68. The zero-order chi connectivity index (χ0) is 18.6. The SMILES string of the molecule is NC(=O)c1sc(N2C=CCCc3ccccc32)cc1OCc1ccccc1. The van der Waals surface area contributed by atoms with Crippen LogP contribution in [0.4, 0.5) is 10.7 Å². The molecule has 1 amide bonds. The van der Waals surface area contributed by atoms with Gasteiger partial charge in [-0.05, 0) is 30.0 Å². The number of para-hydroxylation sites is 1. The number of allylic oxidation sites excluding steroid dienone is 1. The lowest BCUT2D eigenvalue weighted by atomic mass is 10.1. The number of amides is 1. The Bertz CT molecular complexity index is 979. The first kappa shape index (κ1) is 17.4. The van der Waals surface area contributed by atoms with Gasteiger partial charge in [-0.3, -0.25) is 4.79 Å². The maximum atomic E-state index is 12.0. The molecule has 0 radical (unpaired) electrons. The summed E-state index contributed by atoms with van der Waals surface area (Å²) in [6, 6.07) is 20.1. The van der Waals surface area contributed by atoms with Gasteiger partial charge >= 0.3 is 0 Å². The standard InChI is InChI=1S/C22H20N2O2S/c23-22(25)21-19(26-15-16-8-2-1-3-9-16)14-20(27-21)24-13-7-6-11-17-10-4-5-12-18(17)24/h1-5,7-10,12-14H,6,11,15H2,(H2,23,25). The highest BCUT2D eigenvalue weighted by Crippen LogP contribution is 2.41. The first-order chi connectivity index (χ1) is 13.2. The third-order valence-corrected chi connectivity index (χ3v) is 5.60. The van der Waals surface area contributed by atoms with Crippen LogP contribution in [0.15, 0.2) is 72.9 Å². The Kier molecular flexibility index (Phi) is 4.94. The van der Waals surface area contributed by atoms with Crippen LogP contribution in [-0.2, 0) is 13.0 Å². The normalized spacial score (nSPS) is 13.1. The summed E-state index contributed by atoms with van der Waals surface area (Å²) in [5.74, 6) is 0.0582. The molecule has 0 fully saturated rings. The van der Waals surface area contributed by atoms with Crippen LogP contribution >= 0.6 is 11.3 Å². The average Bonchev–Trinajstić information content (AvgIpc) is 3.00. The predicted octanol–water partition coefficient (Wildman–Crippen LogP) is 5.02. The molecule has 5 heteroatoms. The largest absolute Gasteiger partial charge is 0.487 e. The molecule has 0 aliphatic carbocycles. The van der Waals surface area contributed by atoms with E-state index < -0.39 is 5.91 Å². The Morgan fingerprint density at radius 2 is 1.89 bits per heavy atom. The summed E-state index contributed by atoms with van der Waals surface area (Å²) in [6.45, 7) is 0.393. The Balaban J connectivity index is 1.67. The number of anilines is 2. The predicted molar refractivity (Wildman–Crippen MR) is 110 cm³/mol. The minimum absolute atomic E-state index is 0.393. The first-order valence-corrected chi connectivity index (χ1v) is 9.68. The van der Waals surface area contributed by atoms with Crippen LogP contribution in [0, 0.1) is 0 Å². The average molecular weight is 376 g/mol. The first-order valence-electron chi connectivity index (χ1n) is 8.86. The number of benzene rings is 2. The zero-order valence-corrected chi connectivity index (χ0v) is 15.6. The highest BCUT2D eigenvalue weighted by atomic mass is 32.1. The van der Waals surface area contributed by atoms with Gasteiger partial charge in [-0.2, -0.15) is 0 Å². The van der Waals surface area contributed by atoms with E-state index in [0.29, 0.717) is 17.2 Å².